The number of hydrogen-bond donors (Lipinski definition) is 4. The maximum atomic E-state index is 9.50. The SMILES string of the molecule is NC1=CC=C(NCc2ccsc2)N(O)N1O. The van der Waals surface area contributed by atoms with Crippen molar-refractivity contribution in [1.29, 1.82) is 0 Å². The van der Waals surface area contributed by atoms with Crippen molar-refractivity contribution in [1.82, 2.24) is 15.7 Å². The predicted octanol–water partition coefficient (Wildman–Crippen LogP) is 0.790. The van der Waals surface area contributed by atoms with Gasteiger partial charge in [-0.05, 0) is 34.5 Å². The van der Waals surface area contributed by atoms with E-state index in [0.29, 0.717) is 22.7 Å². The van der Waals surface area contributed by atoms with Crippen LogP contribution in [0.5, 0.6) is 0 Å². The fourth-order valence-corrected chi connectivity index (χ4v) is 1.89. The number of nitrogens with two attached hydrogens (primary N) is 1. The van der Waals surface area contributed by atoms with Crippen LogP contribution in [0.1, 0.15) is 5.56 Å². The molecule has 0 saturated carbocycles. The Morgan fingerprint density at radius 2 is 2.12 bits per heavy atom. The molecule has 1 aliphatic heterocycles. The molecule has 0 saturated heterocycles. The summed E-state index contributed by atoms with van der Waals surface area (Å²) in [5, 5.41) is 26.7. The first-order valence-corrected chi connectivity index (χ1v) is 5.53. The van der Waals surface area contributed by atoms with E-state index in [2.05, 4.69) is 5.32 Å². The quantitative estimate of drug-likeness (QED) is 0.625. The summed E-state index contributed by atoms with van der Waals surface area (Å²) < 4.78 is 0. The molecule has 16 heavy (non-hydrogen) atoms. The van der Waals surface area contributed by atoms with Crippen LogP contribution in [0.2, 0.25) is 0 Å². The van der Waals surface area contributed by atoms with Gasteiger partial charge in [-0.2, -0.15) is 11.3 Å². The molecule has 2 heterocycles. The van der Waals surface area contributed by atoms with E-state index in [1.807, 2.05) is 16.8 Å². The number of hydrazine groups is 1. The number of hydroxylamine groups is 2. The molecule has 1 aliphatic rings. The van der Waals surface area contributed by atoms with E-state index in [-0.39, 0.29) is 5.82 Å². The Hall–Kier alpha value is -1.70. The third-order valence-corrected chi connectivity index (χ3v) is 2.82. The molecule has 0 aromatic carbocycles. The summed E-state index contributed by atoms with van der Waals surface area (Å²) in [6.07, 6.45) is 3.07. The van der Waals surface area contributed by atoms with Gasteiger partial charge in [0.25, 0.3) is 0 Å². The van der Waals surface area contributed by atoms with Gasteiger partial charge in [-0.1, -0.05) is 0 Å². The zero-order valence-electron chi connectivity index (χ0n) is 8.37. The van der Waals surface area contributed by atoms with Gasteiger partial charge >= 0.3 is 0 Å². The van der Waals surface area contributed by atoms with Crippen molar-refractivity contribution in [3.05, 3.63) is 46.2 Å². The number of nitrogens with one attached hydrogen (secondary N) is 1. The fourth-order valence-electron chi connectivity index (χ4n) is 1.22. The Morgan fingerprint density at radius 3 is 2.81 bits per heavy atom. The smallest absolute Gasteiger partial charge is 0.153 e. The molecule has 0 unspecified atom stereocenters. The van der Waals surface area contributed by atoms with Crippen molar-refractivity contribution in [2.75, 3.05) is 0 Å². The van der Waals surface area contributed by atoms with Crippen LogP contribution < -0.4 is 11.1 Å². The van der Waals surface area contributed by atoms with Crippen LogP contribution in [0.15, 0.2) is 40.6 Å². The van der Waals surface area contributed by atoms with Gasteiger partial charge in [-0.15, -0.1) is 10.3 Å². The highest BCUT2D eigenvalue weighted by Gasteiger charge is 2.18. The lowest BCUT2D eigenvalue weighted by Gasteiger charge is -2.30. The molecule has 0 atom stereocenters. The standard InChI is InChI=1S/C9H12N4O2S/c10-8-1-2-9(13(15)12(8)14)11-5-7-3-4-16-6-7/h1-4,6,11,14-15H,5,10H2. The van der Waals surface area contributed by atoms with E-state index >= 15 is 0 Å². The summed E-state index contributed by atoms with van der Waals surface area (Å²) >= 11 is 1.60. The Labute approximate surface area is 96.4 Å². The van der Waals surface area contributed by atoms with Gasteiger partial charge in [-0.3, -0.25) is 10.4 Å². The molecular weight excluding hydrogens is 228 g/mol. The van der Waals surface area contributed by atoms with Crippen molar-refractivity contribution in [3.8, 4) is 0 Å². The molecule has 0 aliphatic carbocycles. The predicted molar refractivity (Wildman–Crippen MR) is 58.8 cm³/mol. The number of thiophene rings is 1. The first-order chi connectivity index (χ1) is 7.68. The normalized spacial score (nSPS) is 15.9. The second kappa shape index (κ2) is 4.44. The molecule has 0 spiro atoms. The Morgan fingerprint density at radius 1 is 1.31 bits per heavy atom. The number of rotatable bonds is 3. The molecule has 0 bridgehead atoms. The summed E-state index contributed by atoms with van der Waals surface area (Å²) in [5.41, 5.74) is 6.49. The molecule has 0 radical (unpaired) electrons. The van der Waals surface area contributed by atoms with Gasteiger partial charge in [0.05, 0.1) is 0 Å². The Bertz CT molecular complexity index is 415. The highest BCUT2D eigenvalue weighted by atomic mass is 32.1. The summed E-state index contributed by atoms with van der Waals surface area (Å²) in [4.78, 5) is 0. The number of hydrogen-bond acceptors (Lipinski definition) is 7. The van der Waals surface area contributed by atoms with E-state index in [9.17, 15) is 10.4 Å². The molecule has 0 fully saturated rings. The van der Waals surface area contributed by atoms with Crippen molar-refractivity contribution < 1.29 is 10.4 Å². The van der Waals surface area contributed by atoms with Gasteiger partial charge in [0.15, 0.2) is 11.6 Å². The lowest BCUT2D eigenvalue weighted by molar-refractivity contribution is -0.333. The lowest BCUT2D eigenvalue weighted by Crippen LogP contribution is -2.44. The summed E-state index contributed by atoms with van der Waals surface area (Å²) in [6.45, 7) is 0.563. The first kappa shape index (κ1) is 10.8. The summed E-state index contributed by atoms with van der Waals surface area (Å²) in [6, 6.07) is 1.98. The summed E-state index contributed by atoms with van der Waals surface area (Å²) in [7, 11) is 0. The van der Waals surface area contributed by atoms with Gasteiger partial charge in [0, 0.05) is 6.54 Å². The zero-order chi connectivity index (χ0) is 11.5. The van der Waals surface area contributed by atoms with Crippen LogP contribution in [-0.2, 0) is 6.54 Å². The molecule has 1 aromatic rings. The van der Waals surface area contributed by atoms with E-state index in [4.69, 9.17) is 5.73 Å². The van der Waals surface area contributed by atoms with Crippen LogP contribution in [0.4, 0.5) is 0 Å². The average Bonchev–Trinajstić information content (AvgIpc) is 2.78. The van der Waals surface area contributed by atoms with Crippen molar-refractivity contribution in [2.45, 2.75) is 6.54 Å². The molecule has 0 amide bonds. The highest BCUT2D eigenvalue weighted by Crippen LogP contribution is 2.12. The molecule has 6 nitrogen and oxygen atoms in total. The van der Waals surface area contributed by atoms with E-state index in [0.717, 1.165) is 5.56 Å². The molecule has 1 aromatic heterocycles. The second-order valence-corrected chi connectivity index (χ2v) is 3.99. The van der Waals surface area contributed by atoms with Crippen LogP contribution in [0, 0.1) is 0 Å². The van der Waals surface area contributed by atoms with Crippen molar-refractivity contribution >= 4 is 11.3 Å². The van der Waals surface area contributed by atoms with E-state index in [1.54, 1.807) is 17.4 Å². The van der Waals surface area contributed by atoms with Crippen LogP contribution in [0.25, 0.3) is 0 Å². The second-order valence-electron chi connectivity index (χ2n) is 3.21. The minimum Gasteiger partial charge on any atom is -0.382 e. The van der Waals surface area contributed by atoms with Crippen molar-refractivity contribution in [3.63, 3.8) is 0 Å². The minimum atomic E-state index is 0.0450. The minimum absolute atomic E-state index is 0.0450. The summed E-state index contributed by atoms with van der Waals surface area (Å²) in [5.74, 6) is 0.395. The van der Waals surface area contributed by atoms with Crippen LogP contribution >= 0.6 is 11.3 Å². The van der Waals surface area contributed by atoms with Crippen LogP contribution in [-0.4, -0.2) is 20.8 Å². The maximum absolute atomic E-state index is 9.50. The number of allylic oxidation sites excluding steroid dienone is 2. The average molecular weight is 240 g/mol. The fraction of sp³-hybridized carbons (Fsp3) is 0.111. The van der Waals surface area contributed by atoms with Gasteiger partial charge < -0.3 is 11.1 Å². The van der Waals surface area contributed by atoms with Crippen molar-refractivity contribution in [2.24, 2.45) is 5.73 Å². The monoisotopic (exact) mass is 240 g/mol. The maximum Gasteiger partial charge on any atom is 0.153 e. The Kier molecular flexibility index (Phi) is 3.00. The zero-order valence-corrected chi connectivity index (χ0v) is 9.18. The molecular formula is C9H12N4O2S. The topological polar surface area (TPSA) is 85.0 Å². The van der Waals surface area contributed by atoms with Gasteiger partial charge in [0.1, 0.15) is 0 Å². The highest BCUT2D eigenvalue weighted by molar-refractivity contribution is 7.07. The lowest BCUT2D eigenvalue weighted by atomic mass is 10.3. The number of nitrogens with zero attached hydrogens (tertiary/aromatic N) is 2. The largest absolute Gasteiger partial charge is 0.382 e. The molecule has 86 valence electrons. The molecule has 7 heteroatoms. The first-order valence-electron chi connectivity index (χ1n) is 4.59. The third kappa shape index (κ3) is 2.11. The van der Waals surface area contributed by atoms with Gasteiger partial charge in [0.2, 0.25) is 0 Å². The van der Waals surface area contributed by atoms with E-state index in [1.165, 1.54) is 6.08 Å². The Balaban J connectivity index is 2.00. The molecule has 5 N–H and O–H groups in total. The van der Waals surface area contributed by atoms with Crippen LogP contribution in [0.3, 0.4) is 0 Å². The molecule has 2 rings (SSSR count). The third-order valence-electron chi connectivity index (χ3n) is 2.09. The van der Waals surface area contributed by atoms with E-state index < -0.39 is 0 Å². The van der Waals surface area contributed by atoms with Gasteiger partial charge in [-0.25, -0.2) is 0 Å².